The molecule has 0 N–H and O–H groups in total. The Labute approximate surface area is 359 Å². The van der Waals surface area contributed by atoms with Gasteiger partial charge in [-0.2, -0.15) is 0 Å². The highest BCUT2D eigenvalue weighted by Crippen LogP contribution is 2.53. The molecule has 6 rings (SSSR count). The van der Waals surface area contributed by atoms with Gasteiger partial charge in [0.2, 0.25) is 0 Å². The van der Waals surface area contributed by atoms with E-state index in [1.54, 1.807) is 0 Å². The Bertz CT molecular complexity index is 2490. The molecule has 0 fully saturated rings. The molecule has 300 valence electrons. The SMILES string of the molecule is CC.CC.CC.CC.[C-]#[N+]/C(C#N)=C1/c2ccc(C)cc2/C(=C(\C#N)[N+]#[C-])C2C=C(C)C=CC12.[C-]#[N+]/C(C#N)=C1/c2ccc(C)cc2/C(=C(\C#N)[N+]#[C-])C2C=CC(C)=CC12. The Morgan fingerprint density at radius 3 is 0.983 bits per heavy atom. The van der Waals surface area contributed by atoms with E-state index < -0.39 is 0 Å². The fourth-order valence-corrected chi connectivity index (χ4v) is 7.39. The van der Waals surface area contributed by atoms with Gasteiger partial charge in [0.05, 0.1) is 50.6 Å². The van der Waals surface area contributed by atoms with Gasteiger partial charge in [-0.3, -0.25) is 0 Å². The van der Waals surface area contributed by atoms with Crippen LogP contribution in [0.1, 0.15) is 103 Å². The third-order valence-electron chi connectivity index (χ3n) is 9.53. The summed E-state index contributed by atoms with van der Waals surface area (Å²) in [6, 6.07) is 19.6. The zero-order valence-corrected chi connectivity index (χ0v) is 36.8. The molecule has 0 aromatic heterocycles. The monoisotopic (exact) mass is 788 g/mol. The van der Waals surface area contributed by atoms with Crippen molar-refractivity contribution in [3.8, 4) is 24.3 Å². The lowest BCUT2D eigenvalue weighted by Gasteiger charge is -2.37. The quantitative estimate of drug-likeness (QED) is 0.195. The largest absolute Gasteiger partial charge is 0.266 e. The highest BCUT2D eigenvalue weighted by Gasteiger charge is 2.39. The van der Waals surface area contributed by atoms with E-state index in [2.05, 4.69) is 19.4 Å². The van der Waals surface area contributed by atoms with Gasteiger partial charge in [0.1, 0.15) is 0 Å². The van der Waals surface area contributed by atoms with Crippen molar-refractivity contribution in [2.75, 3.05) is 0 Å². The van der Waals surface area contributed by atoms with Crippen LogP contribution in [-0.2, 0) is 0 Å². The van der Waals surface area contributed by atoms with Crippen LogP contribution in [0.25, 0.3) is 41.7 Å². The number of benzene rings is 2. The summed E-state index contributed by atoms with van der Waals surface area (Å²) < 4.78 is 0. The second-order valence-corrected chi connectivity index (χ2v) is 12.7. The number of aryl methyl sites for hydroxylation is 2. The van der Waals surface area contributed by atoms with Crippen LogP contribution < -0.4 is 0 Å². The first-order chi connectivity index (χ1) is 29.1. The van der Waals surface area contributed by atoms with Crippen LogP contribution in [0.5, 0.6) is 0 Å². The zero-order valence-electron chi connectivity index (χ0n) is 36.8. The Balaban J connectivity index is 0.000000515. The first-order valence-corrected chi connectivity index (χ1v) is 20.1. The lowest BCUT2D eigenvalue weighted by molar-refractivity contribution is 0.679. The normalized spacial score (nSPS) is 21.1. The number of nitriles is 4. The summed E-state index contributed by atoms with van der Waals surface area (Å²) in [7, 11) is 0. The first kappa shape index (κ1) is 50.3. The molecule has 8 nitrogen and oxygen atoms in total. The van der Waals surface area contributed by atoms with Crippen LogP contribution in [0.4, 0.5) is 0 Å². The lowest BCUT2D eigenvalue weighted by Crippen LogP contribution is -2.24. The maximum atomic E-state index is 9.52. The van der Waals surface area contributed by atoms with Gasteiger partial charge < -0.3 is 0 Å². The Morgan fingerprint density at radius 1 is 0.433 bits per heavy atom. The summed E-state index contributed by atoms with van der Waals surface area (Å²) in [6.45, 7) is 53.6. The molecule has 0 amide bonds. The van der Waals surface area contributed by atoms with Crippen LogP contribution in [-0.4, -0.2) is 0 Å². The van der Waals surface area contributed by atoms with Gasteiger partial charge in [0, 0.05) is 23.7 Å². The maximum absolute atomic E-state index is 9.52. The standard InChI is InChI=1S/2C22H14N4.4C2H6/c1-13-5-7-15-17(9-13)21(19(11-23)25-3)16-8-6-14(2)10-18(16)22(15)20(12-24)26-4;1-13-5-7-15-17(9-13)22(20(12-24)26-4)18-10-14(2)6-8-16(18)21(15)19(11-23)25-3;4*1-2/h2*5-10,15,17H,1-2H3;4*1-2H3/b21-19-,22-20+;21-19+,22-20+;;;;. The molecule has 2 aromatic carbocycles. The molecule has 0 saturated heterocycles. The van der Waals surface area contributed by atoms with E-state index in [4.69, 9.17) is 26.3 Å². The van der Waals surface area contributed by atoms with Crippen molar-refractivity contribution < 1.29 is 0 Å². The molecule has 2 aromatic rings. The number of fused-ring (bicyclic) bond motifs is 4. The molecule has 0 aliphatic heterocycles. The van der Waals surface area contributed by atoms with Crippen molar-refractivity contribution >= 4 is 22.3 Å². The molecule has 4 unspecified atom stereocenters. The molecule has 8 heteroatoms. The number of allylic oxidation sites excluding steroid dienone is 16. The average molecular weight is 789 g/mol. The smallest absolute Gasteiger partial charge is 0.226 e. The van der Waals surface area contributed by atoms with Crippen molar-refractivity contribution in [1.82, 2.24) is 0 Å². The Hall–Kier alpha value is -7.72. The van der Waals surface area contributed by atoms with Gasteiger partial charge in [0.25, 0.3) is 22.8 Å². The molecule has 0 spiro atoms. The van der Waals surface area contributed by atoms with Gasteiger partial charge in [-0.15, -0.1) is 0 Å². The van der Waals surface area contributed by atoms with Crippen LogP contribution >= 0.6 is 0 Å². The minimum Gasteiger partial charge on any atom is -0.226 e. The highest BCUT2D eigenvalue weighted by molar-refractivity contribution is 5.95. The van der Waals surface area contributed by atoms with Crippen molar-refractivity contribution in [1.29, 1.82) is 21.0 Å². The Morgan fingerprint density at radius 2 is 0.700 bits per heavy atom. The van der Waals surface area contributed by atoms with E-state index >= 15 is 0 Å². The van der Waals surface area contributed by atoms with Crippen LogP contribution in [0.2, 0.25) is 0 Å². The Kier molecular flexibility index (Phi) is 20.8. The van der Waals surface area contributed by atoms with Crippen molar-refractivity contribution in [2.24, 2.45) is 23.7 Å². The van der Waals surface area contributed by atoms with Gasteiger partial charge in [-0.05, 0) is 72.2 Å². The average Bonchev–Trinajstić information content (AvgIpc) is 3.29. The van der Waals surface area contributed by atoms with Crippen molar-refractivity contribution in [3.05, 3.63) is 186 Å². The van der Waals surface area contributed by atoms with Gasteiger partial charge in [-0.1, -0.05) is 151 Å². The summed E-state index contributed by atoms with van der Waals surface area (Å²) >= 11 is 0. The number of nitrogens with zero attached hydrogens (tertiary/aromatic N) is 8. The topological polar surface area (TPSA) is 113 Å². The first-order valence-electron chi connectivity index (χ1n) is 20.1. The highest BCUT2D eigenvalue weighted by atomic mass is 14.7. The number of rotatable bonds is 0. The second kappa shape index (κ2) is 24.8. The third-order valence-corrected chi connectivity index (χ3v) is 9.53. The van der Waals surface area contributed by atoms with E-state index in [1.165, 1.54) is 0 Å². The molecular formula is C52H52N8. The number of hydrogen-bond acceptors (Lipinski definition) is 4. The van der Waals surface area contributed by atoms with E-state index in [0.29, 0.717) is 22.3 Å². The molecule has 0 radical (unpaired) electrons. The third kappa shape index (κ3) is 10.4. The predicted octanol–water partition coefficient (Wildman–Crippen LogP) is 14.2. The molecule has 4 aliphatic carbocycles. The summed E-state index contributed by atoms with van der Waals surface area (Å²) in [4.78, 5) is 13.8. The summed E-state index contributed by atoms with van der Waals surface area (Å²) in [5.41, 5.74) is 10.1. The maximum Gasteiger partial charge on any atom is 0.266 e. The summed E-state index contributed by atoms with van der Waals surface area (Å²) in [5, 5.41) is 38.0. The van der Waals surface area contributed by atoms with Crippen LogP contribution in [0.15, 0.2) is 107 Å². The lowest BCUT2D eigenvalue weighted by atomic mass is 9.66. The van der Waals surface area contributed by atoms with Crippen molar-refractivity contribution in [2.45, 2.75) is 83.1 Å². The molecule has 0 heterocycles. The predicted molar refractivity (Wildman–Crippen MR) is 244 cm³/mol. The zero-order chi connectivity index (χ0) is 45.7. The second-order valence-electron chi connectivity index (χ2n) is 12.7. The number of hydrogen-bond donors (Lipinski definition) is 0. The van der Waals surface area contributed by atoms with E-state index in [1.807, 2.05) is 180 Å². The fraction of sp³-hybridized carbons (Fsp3) is 0.308. The summed E-state index contributed by atoms with van der Waals surface area (Å²) in [5.74, 6) is -0.952. The van der Waals surface area contributed by atoms with Crippen molar-refractivity contribution in [3.63, 3.8) is 0 Å². The van der Waals surface area contributed by atoms with Gasteiger partial charge >= 0.3 is 0 Å². The molecule has 0 saturated carbocycles. The molecule has 60 heavy (non-hydrogen) atoms. The molecule has 4 aliphatic rings. The van der Waals surface area contributed by atoms with Gasteiger partial charge in [-0.25, -0.2) is 40.4 Å². The van der Waals surface area contributed by atoms with E-state index in [0.717, 1.165) is 44.5 Å². The molecular weight excluding hydrogens is 737 g/mol. The molecule has 4 atom stereocenters. The van der Waals surface area contributed by atoms with E-state index in [9.17, 15) is 21.0 Å². The molecule has 0 bridgehead atoms. The van der Waals surface area contributed by atoms with Crippen LogP contribution in [0, 0.1) is 109 Å². The van der Waals surface area contributed by atoms with Gasteiger partial charge in [0.15, 0.2) is 0 Å². The minimum absolute atomic E-state index is 0.0584. The minimum atomic E-state index is -0.239. The van der Waals surface area contributed by atoms with Crippen LogP contribution in [0.3, 0.4) is 0 Å². The van der Waals surface area contributed by atoms with E-state index in [-0.39, 0.29) is 46.5 Å². The fourth-order valence-electron chi connectivity index (χ4n) is 7.39. The summed E-state index contributed by atoms with van der Waals surface area (Å²) in [6.07, 6.45) is 11.9.